The van der Waals surface area contributed by atoms with Crippen molar-refractivity contribution in [3.63, 3.8) is 0 Å². The number of benzene rings is 5. The summed E-state index contributed by atoms with van der Waals surface area (Å²) in [6.45, 7) is 0. The van der Waals surface area contributed by atoms with E-state index in [1.807, 2.05) is 42.5 Å². The number of fused-ring (bicyclic) bond motifs is 6. The van der Waals surface area contributed by atoms with Crippen LogP contribution in [0.4, 0.5) is 0 Å². The second-order valence-corrected chi connectivity index (χ2v) is 12.4. The smallest absolute Gasteiger partial charge is 0.160 e. The van der Waals surface area contributed by atoms with Crippen molar-refractivity contribution < 1.29 is 0 Å². The lowest BCUT2D eigenvalue weighted by molar-refractivity contribution is 1.13. The summed E-state index contributed by atoms with van der Waals surface area (Å²) < 4.78 is 4.62. The highest BCUT2D eigenvalue weighted by molar-refractivity contribution is 6.18. The lowest BCUT2D eigenvalue weighted by Gasteiger charge is -2.12. The molecule has 0 amide bonds. The van der Waals surface area contributed by atoms with E-state index in [0.29, 0.717) is 5.82 Å². The molecule has 0 saturated carbocycles. The summed E-state index contributed by atoms with van der Waals surface area (Å²) in [5.41, 5.74) is 9.65. The summed E-state index contributed by atoms with van der Waals surface area (Å²) in [5, 5.41) is 6.09. The second kappa shape index (κ2) is 11.4. The average molecular weight is 641 g/mol. The Morgan fingerprint density at radius 3 is 1.86 bits per heavy atom. The summed E-state index contributed by atoms with van der Waals surface area (Å²) in [4.78, 5) is 19.2. The van der Waals surface area contributed by atoms with Crippen molar-refractivity contribution in [2.45, 2.75) is 0 Å². The van der Waals surface area contributed by atoms with Gasteiger partial charge in [-0.15, -0.1) is 0 Å². The zero-order valence-electron chi connectivity index (χ0n) is 26.8. The number of pyridine rings is 2. The monoisotopic (exact) mass is 640 g/mol. The van der Waals surface area contributed by atoms with Gasteiger partial charge in [-0.25, -0.2) is 9.97 Å². The van der Waals surface area contributed by atoms with Gasteiger partial charge in [0.1, 0.15) is 0 Å². The summed E-state index contributed by atoms with van der Waals surface area (Å²) in [6, 6.07) is 52.7. The van der Waals surface area contributed by atoms with Crippen LogP contribution in [0.3, 0.4) is 0 Å². The fourth-order valence-corrected chi connectivity index (χ4v) is 7.16. The summed E-state index contributed by atoms with van der Waals surface area (Å²) in [6.07, 6.45) is 5.74. The Kier molecular flexibility index (Phi) is 6.39. The predicted octanol–water partition coefficient (Wildman–Crippen LogP) is 10.5. The predicted molar refractivity (Wildman–Crippen MR) is 203 cm³/mol. The molecule has 6 nitrogen and oxygen atoms in total. The van der Waals surface area contributed by atoms with E-state index in [0.717, 1.165) is 50.7 Å². The Balaban J connectivity index is 1.16. The molecule has 10 rings (SSSR count). The van der Waals surface area contributed by atoms with E-state index in [1.54, 1.807) is 12.4 Å². The van der Waals surface area contributed by atoms with Crippen molar-refractivity contribution >= 4 is 43.5 Å². The van der Waals surface area contributed by atoms with Crippen LogP contribution >= 0.6 is 0 Å². The Labute approximate surface area is 287 Å². The van der Waals surface area contributed by atoms with Gasteiger partial charge in [0.25, 0.3) is 0 Å². The van der Waals surface area contributed by atoms with Crippen molar-refractivity contribution in [3.05, 3.63) is 170 Å². The van der Waals surface area contributed by atoms with Crippen LogP contribution in [0, 0.1) is 0 Å². The van der Waals surface area contributed by atoms with Crippen molar-refractivity contribution in [1.82, 2.24) is 29.1 Å². The summed E-state index contributed by atoms with van der Waals surface area (Å²) in [7, 11) is 0. The van der Waals surface area contributed by atoms with E-state index < -0.39 is 0 Å². The molecule has 0 bridgehead atoms. The van der Waals surface area contributed by atoms with E-state index in [9.17, 15) is 0 Å². The highest BCUT2D eigenvalue weighted by atomic mass is 15.0. The minimum absolute atomic E-state index is 0.618. The first kappa shape index (κ1) is 28.1. The maximum atomic E-state index is 5.03. The fourth-order valence-electron chi connectivity index (χ4n) is 7.16. The third-order valence-electron chi connectivity index (χ3n) is 9.46. The normalized spacial score (nSPS) is 11.6. The summed E-state index contributed by atoms with van der Waals surface area (Å²) >= 11 is 0. The van der Waals surface area contributed by atoms with Crippen LogP contribution in [0.15, 0.2) is 170 Å². The SMILES string of the molecule is c1ccc(-n2ccc3c4cc5c6ccccc6n(-c6cccc(-c7nc(-c8ccccn8)cc(-c8ccccn8)n7)c6)c5cc4ccc32)cc1. The topological polar surface area (TPSA) is 61.4 Å². The average Bonchev–Trinajstić information content (AvgIpc) is 3.77. The van der Waals surface area contributed by atoms with Gasteiger partial charge in [0.15, 0.2) is 5.82 Å². The third-order valence-corrected chi connectivity index (χ3v) is 9.46. The Morgan fingerprint density at radius 2 is 1.10 bits per heavy atom. The van der Waals surface area contributed by atoms with E-state index in [-0.39, 0.29) is 0 Å². The molecule has 0 fully saturated rings. The molecule has 234 valence electrons. The summed E-state index contributed by atoms with van der Waals surface area (Å²) in [5.74, 6) is 0.618. The van der Waals surface area contributed by atoms with Gasteiger partial charge < -0.3 is 9.13 Å². The molecule has 5 aromatic carbocycles. The van der Waals surface area contributed by atoms with Crippen LogP contribution in [0.25, 0.3) is 89.0 Å². The van der Waals surface area contributed by atoms with Crippen LogP contribution in [0.1, 0.15) is 0 Å². The highest BCUT2D eigenvalue weighted by Gasteiger charge is 2.17. The molecule has 10 aromatic rings. The van der Waals surface area contributed by atoms with Gasteiger partial charge in [0, 0.05) is 51.7 Å². The van der Waals surface area contributed by atoms with Gasteiger partial charge in [-0.1, -0.05) is 66.7 Å². The largest absolute Gasteiger partial charge is 0.317 e. The van der Waals surface area contributed by atoms with E-state index in [2.05, 4.69) is 134 Å². The standard InChI is InChI=1S/C44H28N6/c1-2-12-31(13-3-1)49-24-21-34-35-27-36-33-15-4-5-18-42(33)50(43(36)26-29(35)19-20-41(34)49)32-14-10-11-30(25-32)44-47-39(37-16-6-8-22-45-37)28-40(48-44)38-17-7-9-23-46-38/h1-28H. The molecule has 5 aromatic heterocycles. The molecule has 0 aliphatic rings. The number of nitrogens with zero attached hydrogens (tertiary/aromatic N) is 6. The van der Waals surface area contributed by atoms with Crippen LogP contribution in [-0.2, 0) is 0 Å². The zero-order chi connectivity index (χ0) is 33.0. The van der Waals surface area contributed by atoms with Crippen LogP contribution in [0.5, 0.6) is 0 Å². The zero-order valence-corrected chi connectivity index (χ0v) is 26.8. The number of rotatable bonds is 5. The molecular weight excluding hydrogens is 613 g/mol. The van der Waals surface area contributed by atoms with Gasteiger partial charge in [-0.3, -0.25) is 9.97 Å². The first-order chi connectivity index (χ1) is 24.8. The van der Waals surface area contributed by atoms with Crippen LogP contribution < -0.4 is 0 Å². The fraction of sp³-hybridized carbons (Fsp3) is 0. The van der Waals surface area contributed by atoms with Gasteiger partial charge >= 0.3 is 0 Å². The van der Waals surface area contributed by atoms with Crippen molar-refractivity contribution in [2.24, 2.45) is 0 Å². The van der Waals surface area contributed by atoms with Crippen molar-refractivity contribution in [2.75, 3.05) is 0 Å². The second-order valence-electron chi connectivity index (χ2n) is 12.4. The van der Waals surface area contributed by atoms with E-state index >= 15 is 0 Å². The first-order valence-corrected chi connectivity index (χ1v) is 16.6. The van der Waals surface area contributed by atoms with Crippen LogP contribution in [0.2, 0.25) is 0 Å². The molecule has 5 heterocycles. The molecular formula is C44H28N6. The molecule has 6 heteroatoms. The molecule has 0 aliphatic carbocycles. The van der Waals surface area contributed by atoms with Gasteiger partial charge in [-0.05, 0) is 95.7 Å². The molecule has 0 unspecified atom stereocenters. The number of hydrogen-bond donors (Lipinski definition) is 0. The third kappa shape index (κ3) is 4.58. The first-order valence-electron chi connectivity index (χ1n) is 16.6. The lowest BCUT2D eigenvalue weighted by Crippen LogP contribution is -1.99. The van der Waals surface area contributed by atoms with E-state index in [1.165, 1.54) is 32.4 Å². The van der Waals surface area contributed by atoms with Gasteiger partial charge in [-0.2, -0.15) is 0 Å². The van der Waals surface area contributed by atoms with E-state index in [4.69, 9.17) is 9.97 Å². The minimum atomic E-state index is 0.618. The molecule has 0 saturated heterocycles. The Bertz CT molecular complexity index is 2800. The highest BCUT2D eigenvalue weighted by Crippen LogP contribution is 2.38. The molecule has 0 N–H and O–H groups in total. The Morgan fingerprint density at radius 1 is 0.400 bits per heavy atom. The maximum absolute atomic E-state index is 5.03. The lowest BCUT2D eigenvalue weighted by atomic mass is 10.0. The van der Waals surface area contributed by atoms with Crippen molar-refractivity contribution in [3.8, 4) is 45.5 Å². The molecule has 0 atom stereocenters. The molecule has 50 heavy (non-hydrogen) atoms. The maximum Gasteiger partial charge on any atom is 0.160 e. The van der Waals surface area contributed by atoms with Gasteiger partial charge in [0.05, 0.1) is 39.3 Å². The van der Waals surface area contributed by atoms with Crippen molar-refractivity contribution in [1.29, 1.82) is 0 Å². The number of aromatic nitrogens is 6. The molecule has 0 spiro atoms. The van der Waals surface area contributed by atoms with Crippen LogP contribution in [-0.4, -0.2) is 29.1 Å². The number of hydrogen-bond acceptors (Lipinski definition) is 4. The molecule has 0 radical (unpaired) electrons. The Hall–Kier alpha value is -6.92. The molecule has 0 aliphatic heterocycles. The number of para-hydroxylation sites is 2. The minimum Gasteiger partial charge on any atom is -0.317 e. The van der Waals surface area contributed by atoms with Gasteiger partial charge in [0.2, 0.25) is 0 Å². The quantitative estimate of drug-likeness (QED) is 0.188.